The molecule has 4 nitrogen and oxygen atoms in total. The van der Waals surface area contributed by atoms with E-state index in [-0.39, 0.29) is 0 Å². The van der Waals surface area contributed by atoms with Gasteiger partial charge in [-0.05, 0) is 67.1 Å². The van der Waals surface area contributed by atoms with Crippen molar-refractivity contribution in [2.75, 3.05) is 0 Å². The van der Waals surface area contributed by atoms with Crippen LogP contribution in [0.4, 0.5) is 0 Å². The Bertz CT molecular complexity index is 3040. The summed E-state index contributed by atoms with van der Waals surface area (Å²) >= 11 is 0. The first-order valence-corrected chi connectivity index (χ1v) is 18.4. The Morgan fingerprint density at radius 1 is 0.370 bits per heavy atom. The van der Waals surface area contributed by atoms with Gasteiger partial charge in [0.15, 0.2) is 17.5 Å². The Labute approximate surface area is 311 Å². The summed E-state index contributed by atoms with van der Waals surface area (Å²) in [6.45, 7) is 0. The van der Waals surface area contributed by atoms with Crippen molar-refractivity contribution in [1.29, 1.82) is 0 Å². The third-order valence-electron chi connectivity index (χ3n) is 11.5. The van der Waals surface area contributed by atoms with Crippen LogP contribution in [0.1, 0.15) is 22.5 Å². The topological polar surface area (TPSA) is 51.8 Å². The quantitative estimate of drug-likeness (QED) is 0.185. The molecule has 1 spiro atoms. The number of para-hydroxylation sites is 1. The van der Waals surface area contributed by atoms with E-state index < -0.39 is 5.41 Å². The van der Waals surface area contributed by atoms with Crippen molar-refractivity contribution < 1.29 is 4.42 Å². The lowest BCUT2D eigenvalue weighted by Gasteiger charge is -2.28. The zero-order valence-corrected chi connectivity index (χ0v) is 29.0. The summed E-state index contributed by atoms with van der Waals surface area (Å²) in [5.41, 5.74) is 11.6. The van der Waals surface area contributed by atoms with Crippen molar-refractivity contribution >= 4 is 32.5 Å². The van der Waals surface area contributed by atoms with E-state index in [4.69, 9.17) is 19.4 Å². The second kappa shape index (κ2) is 10.9. The van der Waals surface area contributed by atoms with E-state index in [0.29, 0.717) is 17.5 Å². The Hall–Kier alpha value is -7.17. The molecule has 2 aromatic heterocycles. The maximum absolute atomic E-state index is 6.98. The molecule has 0 fully saturated rings. The van der Waals surface area contributed by atoms with Gasteiger partial charge in [0.2, 0.25) is 0 Å². The van der Waals surface area contributed by atoms with Gasteiger partial charge >= 0.3 is 0 Å². The molecule has 0 radical (unpaired) electrons. The van der Waals surface area contributed by atoms with Gasteiger partial charge in [0.05, 0.1) is 0 Å². The first kappa shape index (κ1) is 29.4. The van der Waals surface area contributed by atoms with Gasteiger partial charge in [-0.25, -0.2) is 15.0 Å². The highest BCUT2D eigenvalue weighted by molar-refractivity contribution is 6.05. The van der Waals surface area contributed by atoms with E-state index in [1.165, 1.54) is 27.8 Å². The molecule has 4 heteroatoms. The highest BCUT2D eigenvalue weighted by atomic mass is 16.3. The first-order chi connectivity index (χ1) is 26.8. The van der Waals surface area contributed by atoms with Crippen molar-refractivity contribution in [3.63, 3.8) is 0 Å². The monoisotopic (exact) mass is 687 g/mol. The lowest BCUT2D eigenvalue weighted by Crippen LogP contribution is -2.25. The number of hydrogen-bond acceptors (Lipinski definition) is 4. The van der Waals surface area contributed by atoms with E-state index in [9.17, 15) is 0 Å². The number of fused-ring (bicyclic) bond motifs is 14. The Balaban J connectivity index is 1.15. The smallest absolute Gasteiger partial charge is 0.164 e. The molecule has 12 rings (SSSR count). The van der Waals surface area contributed by atoms with Gasteiger partial charge < -0.3 is 4.42 Å². The van der Waals surface area contributed by atoms with Gasteiger partial charge in [-0.1, -0.05) is 164 Å². The van der Waals surface area contributed by atoms with Crippen LogP contribution in [0.2, 0.25) is 0 Å². The SMILES string of the molecule is c1ccc2c(c1)-c1ccccc1C21c2ccc(-c3nc(-c4cccc5ccccc45)nc(-c4cccc5ccccc45)n3)cc2-c2c1oc1ccccc21. The van der Waals surface area contributed by atoms with Crippen molar-refractivity contribution in [3.05, 3.63) is 198 Å². The molecule has 0 saturated carbocycles. The molecule has 10 aromatic rings. The Morgan fingerprint density at radius 2 is 0.852 bits per heavy atom. The van der Waals surface area contributed by atoms with Crippen LogP contribution in [0, 0.1) is 0 Å². The van der Waals surface area contributed by atoms with Crippen LogP contribution in [0.3, 0.4) is 0 Å². The second-order valence-electron chi connectivity index (χ2n) is 14.3. The number of furan rings is 1. The summed E-state index contributed by atoms with van der Waals surface area (Å²) in [7, 11) is 0. The predicted molar refractivity (Wildman–Crippen MR) is 217 cm³/mol. The van der Waals surface area contributed by atoms with E-state index in [0.717, 1.165) is 66.1 Å². The van der Waals surface area contributed by atoms with Crippen molar-refractivity contribution in [2.24, 2.45) is 0 Å². The lowest BCUT2D eigenvalue weighted by molar-refractivity contribution is 0.507. The van der Waals surface area contributed by atoms with E-state index >= 15 is 0 Å². The maximum Gasteiger partial charge on any atom is 0.164 e. The summed E-state index contributed by atoms with van der Waals surface area (Å²) in [5, 5.41) is 5.59. The molecule has 0 unspecified atom stereocenters. The zero-order valence-electron chi connectivity index (χ0n) is 29.0. The van der Waals surface area contributed by atoms with E-state index in [2.05, 4.69) is 176 Å². The Morgan fingerprint density at radius 3 is 1.50 bits per heavy atom. The number of rotatable bonds is 3. The summed E-state index contributed by atoms with van der Waals surface area (Å²) in [6, 6.07) is 62.2. The number of benzene rings is 8. The average Bonchev–Trinajstić information content (AvgIpc) is 3.87. The molecule has 0 bridgehead atoms. The van der Waals surface area contributed by atoms with Crippen LogP contribution in [-0.4, -0.2) is 15.0 Å². The van der Waals surface area contributed by atoms with Crippen LogP contribution in [-0.2, 0) is 5.41 Å². The number of hydrogen-bond donors (Lipinski definition) is 0. The predicted octanol–water partition coefficient (Wildman–Crippen LogP) is 12.3. The van der Waals surface area contributed by atoms with Crippen LogP contribution >= 0.6 is 0 Å². The first-order valence-electron chi connectivity index (χ1n) is 18.4. The van der Waals surface area contributed by atoms with Crippen LogP contribution in [0.15, 0.2) is 180 Å². The maximum atomic E-state index is 6.98. The minimum absolute atomic E-state index is 0.587. The fourth-order valence-corrected chi connectivity index (χ4v) is 9.27. The third kappa shape index (κ3) is 3.89. The molecule has 2 heterocycles. The fraction of sp³-hybridized carbons (Fsp3) is 0.0200. The normalized spacial score (nSPS) is 13.3. The van der Waals surface area contributed by atoms with Crippen LogP contribution < -0.4 is 0 Å². The molecular weight excluding hydrogens is 659 g/mol. The molecule has 0 saturated heterocycles. The van der Waals surface area contributed by atoms with Crippen molar-refractivity contribution in [1.82, 2.24) is 15.0 Å². The lowest BCUT2D eigenvalue weighted by atomic mass is 9.73. The second-order valence-corrected chi connectivity index (χ2v) is 14.3. The number of aromatic nitrogens is 3. The van der Waals surface area contributed by atoms with Crippen LogP contribution in [0.5, 0.6) is 0 Å². The molecule has 250 valence electrons. The van der Waals surface area contributed by atoms with E-state index in [1.54, 1.807) is 0 Å². The standard InChI is InChI=1S/C50H29N3O/c1-3-17-33-30(13-1)15-11-22-37(33)48-51-47(52-49(53-48)38-23-12-16-31-14-2-4-18-34(31)38)32-27-28-43-40(29-32)45-39-21-7-10-26-44(39)54-46(45)50(43)41-24-8-5-19-35(41)36-20-6-9-25-42(36)50/h1-29H. The van der Waals surface area contributed by atoms with Gasteiger partial charge in [-0.15, -0.1) is 0 Å². The zero-order chi connectivity index (χ0) is 35.4. The van der Waals surface area contributed by atoms with Crippen molar-refractivity contribution in [2.45, 2.75) is 5.41 Å². The summed E-state index contributed by atoms with van der Waals surface area (Å²) in [5.74, 6) is 2.88. The molecular formula is C50H29N3O. The van der Waals surface area contributed by atoms with Gasteiger partial charge in [-0.3, -0.25) is 0 Å². The molecule has 2 aliphatic carbocycles. The molecule has 54 heavy (non-hydrogen) atoms. The fourth-order valence-electron chi connectivity index (χ4n) is 9.27. The third-order valence-corrected chi connectivity index (χ3v) is 11.5. The minimum Gasteiger partial charge on any atom is -0.459 e. The largest absolute Gasteiger partial charge is 0.459 e. The van der Waals surface area contributed by atoms with Gasteiger partial charge in [-0.2, -0.15) is 0 Å². The molecule has 8 aromatic carbocycles. The molecule has 0 N–H and O–H groups in total. The average molecular weight is 688 g/mol. The van der Waals surface area contributed by atoms with Crippen molar-refractivity contribution in [3.8, 4) is 56.4 Å². The van der Waals surface area contributed by atoms with Gasteiger partial charge in [0.25, 0.3) is 0 Å². The molecule has 2 aliphatic rings. The van der Waals surface area contributed by atoms with E-state index in [1.807, 2.05) is 0 Å². The highest BCUT2D eigenvalue weighted by Crippen LogP contribution is 2.64. The molecule has 0 amide bonds. The summed E-state index contributed by atoms with van der Waals surface area (Å²) in [4.78, 5) is 15.8. The van der Waals surface area contributed by atoms with Gasteiger partial charge in [0, 0.05) is 27.6 Å². The Kier molecular flexibility index (Phi) is 5.95. The highest BCUT2D eigenvalue weighted by Gasteiger charge is 2.55. The number of nitrogens with zero attached hydrogens (tertiary/aromatic N) is 3. The van der Waals surface area contributed by atoms with Crippen LogP contribution in [0.25, 0.3) is 88.9 Å². The molecule has 0 aliphatic heterocycles. The van der Waals surface area contributed by atoms with Gasteiger partial charge in [0.1, 0.15) is 16.8 Å². The summed E-state index contributed by atoms with van der Waals surface area (Å²) in [6.07, 6.45) is 0. The molecule has 0 atom stereocenters. The summed E-state index contributed by atoms with van der Waals surface area (Å²) < 4.78 is 6.98. The minimum atomic E-state index is -0.587.